The van der Waals surface area contributed by atoms with Crippen LogP contribution in [0.4, 0.5) is 0 Å². The van der Waals surface area contributed by atoms with Gasteiger partial charge in [0.1, 0.15) is 0 Å². The number of nitrogens with two attached hydrogens (primary N) is 1. The van der Waals surface area contributed by atoms with Crippen LogP contribution >= 0.6 is 0 Å². The second kappa shape index (κ2) is 4.88. The molecule has 0 saturated heterocycles. The van der Waals surface area contributed by atoms with Gasteiger partial charge >= 0.3 is 0 Å². The maximum atomic E-state index is 5.49. The molecule has 5 nitrogen and oxygen atoms in total. The van der Waals surface area contributed by atoms with Crippen LogP contribution in [0.1, 0.15) is 16.8 Å². The highest BCUT2D eigenvalue weighted by Gasteiger charge is 2.19. The maximum Gasteiger partial charge on any atom is 0.0967 e. The Bertz CT molecular complexity index is 509. The Kier molecular flexibility index (Phi) is 3.08. The van der Waals surface area contributed by atoms with Crippen molar-refractivity contribution in [3.63, 3.8) is 0 Å². The molecule has 5 heteroatoms. The summed E-state index contributed by atoms with van der Waals surface area (Å²) >= 11 is 0. The molecule has 0 spiro atoms. The number of benzene rings is 1. The number of rotatable bonds is 4. The monoisotopic (exact) mass is 243 g/mol. The first-order valence-electron chi connectivity index (χ1n) is 6.23. The summed E-state index contributed by atoms with van der Waals surface area (Å²) in [6.07, 6.45) is 1.98. The average molecular weight is 243 g/mol. The number of hydrogen-bond donors (Lipinski definition) is 1. The van der Waals surface area contributed by atoms with Crippen molar-refractivity contribution < 1.29 is 0 Å². The number of nitrogens with zero attached hydrogens (tertiary/aromatic N) is 4. The first-order chi connectivity index (χ1) is 8.85. The fourth-order valence-corrected chi connectivity index (χ4v) is 2.40. The van der Waals surface area contributed by atoms with Crippen molar-refractivity contribution in [1.29, 1.82) is 0 Å². The van der Waals surface area contributed by atoms with Gasteiger partial charge in [-0.2, -0.15) is 0 Å². The van der Waals surface area contributed by atoms with Gasteiger partial charge in [-0.05, 0) is 11.1 Å². The van der Waals surface area contributed by atoms with Gasteiger partial charge in [-0.1, -0.05) is 29.5 Å². The van der Waals surface area contributed by atoms with Gasteiger partial charge in [0.2, 0.25) is 0 Å². The van der Waals surface area contributed by atoms with Crippen molar-refractivity contribution >= 4 is 0 Å². The van der Waals surface area contributed by atoms with Gasteiger partial charge in [-0.25, -0.2) is 0 Å². The van der Waals surface area contributed by atoms with Gasteiger partial charge in [-0.3, -0.25) is 9.58 Å². The Morgan fingerprint density at radius 1 is 1.17 bits per heavy atom. The van der Waals surface area contributed by atoms with Gasteiger partial charge in [0, 0.05) is 32.4 Å². The summed E-state index contributed by atoms with van der Waals surface area (Å²) in [6.45, 7) is 4.17. The van der Waals surface area contributed by atoms with E-state index in [2.05, 4.69) is 39.5 Å². The van der Waals surface area contributed by atoms with Gasteiger partial charge in [0.25, 0.3) is 0 Å². The molecule has 1 aromatic carbocycles. The lowest BCUT2D eigenvalue weighted by molar-refractivity contribution is 0.272. The Balaban J connectivity index is 1.65. The number of aromatic nitrogens is 3. The molecule has 0 radical (unpaired) electrons. The molecule has 0 unspecified atom stereocenters. The topological polar surface area (TPSA) is 60.0 Å². The molecule has 0 bridgehead atoms. The summed E-state index contributed by atoms with van der Waals surface area (Å²) in [6, 6.07) is 8.58. The Morgan fingerprint density at radius 3 is 2.56 bits per heavy atom. The Morgan fingerprint density at radius 2 is 1.89 bits per heavy atom. The van der Waals surface area contributed by atoms with E-state index >= 15 is 0 Å². The van der Waals surface area contributed by atoms with Crippen LogP contribution in [0.25, 0.3) is 0 Å². The lowest BCUT2D eigenvalue weighted by Crippen LogP contribution is -2.15. The van der Waals surface area contributed by atoms with Crippen LogP contribution in [0.15, 0.2) is 30.5 Å². The van der Waals surface area contributed by atoms with Crippen molar-refractivity contribution in [3.05, 3.63) is 47.3 Å². The van der Waals surface area contributed by atoms with E-state index in [0.717, 1.165) is 31.9 Å². The number of fused-ring (bicyclic) bond motifs is 1. The summed E-state index contributed by atoms with van der Waals surface area (Å²) in [5.74, 6) is 0. The minimum Gasteiger partial charge on any atom is -0.329 e. The van der Waals surface area contributed by atoms with Gasteiger partial charge in [0.15, 0.2) is 0 Å². The smallest absolute Gasteiger partial charge is 0.0967 e. The summed E-state index contributed by atoms with van der Waals surface area (Å²) in [5, 5.41) is 8.23. The van der Waals surface area contributed by atoms with E-state index in [1.165, 1.54) is 11.1 Å². The van der Waals surface area contributed by atoms with Crippen molar-refractivity contribution in [3.8, 4) is 0 Å². The van der Waals surface area contributed by atoms with E-state index in [9.17, 15) is 0 Å². The van der Waals surface area contributed by atoms with Crippen LogP contribution in [-0.4, -0.2) is 26.4 Å². The van der Waals surface area contributed by atoms with E-state index in [1.807, 2.05) is 6.20 Å². The molecule has 2 heterocycles. The first kappa shape index (κ1) is 11.4. The van der Waals surface area contributed by atoms with Crippen LogP contribution in [0.3, 0.4) is 0 Å². The van der Waals surface area contributed by atoms with Crippen molar-refractivity contribution in [2.24, 2.45) is 5.73 Å². The second-order valence-corrected chi connectivity index (χ2v) is 4.68. The molecule has 0 atom stereocenters. The minimum absolute atomic E-state index is 0.595. The molecule has 0 aliphatic carbocycles. The summed E-state index contributed by atoms with van der Waals surface area (Å²) in [5.41, 5.74) is 9.35. The zero-order chi connectivity index (χ0) is 12.4. The second-order valence-electron chi connectivity index (χ2n) is 4.68. The zero-order valence-corrected chi connectivity index (χ0v) is 10.3. The molecule has 0 fully saturated rings. The van der Waals surface area contributed by atoms with Crippen LogP contribution in [0, 0.1) is 0 Å². The van der Waals surface area contributed by atoms with Gasteiger partial charge < -0.3 is 5.73 Å². The minimum atomic E-state index is 0.595. The molecule has 1 aliphatic rings. The van der Waals surface area contributed by atoms with E-state index in [0.29, 0.717) is 6.54 Å². The molecular formula is C13H17N5. The molecule has 94 valence electrons. The van der Waals surface area contributed by atoms with Gasteiger partial charge in [0.05, 0.1) is 12.2 Å². The lowest BCUT2D eigenvalue weighted by Gasteiger charge is -2.11. The Hall–Kier alpha value is -1.72. The molecule has 3 rings (SSSR count). The largest absolute Gasteiger partial charge is 0.329 e. The predicted molar refractivity (Wildman–Crippen MR) is 68.5 cm³/mol. The van der Waals surface area contributed by atoms with Crippen LogP contribution in [0.5, 0.6) is 0 Å². The summed E-state index contributed by atoms with van der Waals surface area (Å²) in [4.78, 5) is 2.38. The van der Waals surface area contributed by atoms with Gasteiger partial charge in [-0.15, -0.1) is 5.10 Å². The van der Waals surface area contributed by atoms with Crippen molar-refractivity contribution in [2.45, 2.75) is 26.2 Å². The zero-order valence-electron chi connectivity index (χ0n) is 10.3. The van der Waals surface area contributed by atoms with E-state index in [1.54, 1.807) is 4.68 Å². The third-order valence-electron chi connectivity index (χ3n) is 3.24. The van der Waals surface area contributed by atoms with Crippen LogP contribution in [-0.2, 0) is 26.2 Å². The fraction of sp³-hybridized carbons (Fsp3) is 0.385. The summed E-state index contributed by atoms with van der Waals surface area (Å²) < 4.78 is 1.80. The molecule has 2 aromatic rings. The highest BCUT2D eigenvalue weighted by Crippen LogP contribution is 2.23. The van der Waals surface area contributed by atoms with Crippen molar-refractivity contribution in [2.75, 3.05) is 6.54 Å². The molecule has 0 saturated carbocycles. The maximum absolute atomic E-state index is 5.49. The van der Waals surface area contributed by atoms with Crippen LogP contribution in [0.2, 0.25) is 0 Å². The highest BCUT2D eigenvalue weighted by molar-refractivity contribution is 5.30. The standard InChI is InChI=1S/C13H17N5/c14-5-6-18-10-13(15-16-18)9-17-7-11-3-1-2-4-12(11)8-17/h1-4,10H,5-9,14H2. The van der Waals surface area contributed by atoms with E-state index < -0.39 is 0 Å². The molecule has 1 aliphatic heterocycles. The number of hydrogen-bond acceptors (Lipinski definition) is 4. The third-order valence-corrected chi connectivity index (χ3v) is 3.24. The average Bonchev–Trinajstić information content (AvgIpc) is 2.96. The molecule has 2 N–H and O–H groups in total. The molecule has 18 heavy (non-hydrogen) atoms. The molecule has 1 aromatic heterocycles. The van der Waals surface area contributed by atoms with E-state index in [-0.39, 0.29) is 0 Å². The van der Waals surface area contributed by atoms with Crippen molar-refractivity contribution in [1.82, 2.24) is 19.9 Å². The molecule has 0 amide bonds. The quantitative estimate of drug-likeness (QED) is 0.861. The lowest BCUT2D eigenvalue weighted by atomic mass is 10.1. The third kappa shape index (κ3) is 2.27. The fourth-order valence-electron chi connectivity index (χ4n) is 2.40. The van der Waals surface area contributed by atoms with E-state index in [4.69, 9.17) is 5.73 Å². The Labute approximate surface area is 106 Å². The summed E-state index contributed by atoms with van der Waals surface area (Å²) in [7, 11) is 0. The predicted octanol–water partition coefficient (Wildman–Crippen LogP) is 0.753. The highest BCUT2D eigenvalue weighted by atomic mass is 15.4. The molecular weight excluding hydrogens is 226 g/mol. The SMILES string of the molecule is NCCn1cc(CN2Cc3ccccc3C2)nn1. The van der Waals surface area contributed by atoms with Crippen LogP contribution < -0.4 is 5.73 Å². The normalized spacial score (nSPS) is 14.9. The first-order valence-corrected chi connectivity index (χ1v) is 6.23.